The zero-order chi connectivity index (χ0) is 25.6. The molecule has 36 heavy (non-hydrogen) atoms. The first-order valence-electron chi connectivity index (χ1n) is 12.2. The van der Waals surface area contributed by atoms with E-state index < -0.39 is 23.6 Å². The first kappa shape index (κ1) is 24.0. The summed E-state index contributed by atoms with van der Waals surface area (Å²) in [5.74, 6) is -1.22. The number of likely N-dealkylation sites (tertiary alicyclic amines) is 1. The van der Waals surface area contributed by atoms with Crippen LogP contribution in [0.1, 0.15) is 44.2 Å². The minimum absolute atomic E-state index is 0.00829. The van der Waals surface area contributed by atoms with Gasteiger partial charge in [-0.25, -0.2) is 14.0 Å². The van der Waals surface area contributed by atoms with Crippen LogP contribution < -0.4 is 10.6 Å². The van der Waals surface area contributed by atoms with Crippen molar-refractivity contribution in [3.05, 3.63) is 59.1 Å². The number of ketones is 1. The first-order chi connectivity index (χ1) is 17.2. The second kappa shape index (κ2) is 9.07. The van der Waals surface area contributed by atoms with Crippen LogP contribution in [0.25, 0.3) is 0 Å². The van der Waals surface area contributed by atoms with E-state index in [0.29, 0.717) is 18.4 Å². The average Bonchev–Trinajstić information content (AvgIpc) is 3.51. The zero-order valence-corrected chi connectivity index (χ0v) is 20.3. The molecule has 0 bridgehead atoms. The summed E-state index contributed by atoms with van der Waals surface area (Å²) in [6, 6.07) is 5.51. The second-order valence-corrected chi connectivity index (χ2v) is 9.88. The molecule has 9 nitrogen and oxygen atoms in total. The van der Waals surface area contributed by atoms with Crippen LogP contribution in [-0.2, 0) is 14.3 Å². The van der Waals surface area contributed by atoms with Gasteiger partial charge in [0.1, 0.15) is 12.4 Å². The summed E-state index contributed by atoms with van der Waals surface area (Å²) in [6.07, 6.45) is 5.24. The summed E-state index contributed by atoms with van der Waals surface area (Å²) in [5.41, 5.74) is 0.815. The molecule has 1 saturated carbocycles. The van der Waals surface area contributed by atoms with Gasteiger partial charge in [-0.05, 0) is 62.0 Å². The number of hydrogen-bond acceptors (Lipinski definition) is 5. The molecule has 4 amide bonds. The van der Waals surface area contributed by atoms with E-state index in [1.165, 1.54) is 30.2 Å². The number of benzene rings is 1. The molecular weight excluding hydrogens is 467 g/mol. The van der Waals surface area contributed by atoms with Crippen LogP contribution in [-0.4, -0.2) is 65.4 Å². The number of fused-ring (bicyclic) bond motifs is 2. The predicted octanol–water partition coefficient (Wildman–Crippen LogP) is 2.80. The Morgan fingerprint density at radius 1 is 1.14 bits per heavy atom. The quantitative estimate of drug-likeness (QED) is 0.667. The van der Waals surface area contributed by atoms with Crippen molar-refractivity contribution < 1.29 is 28.3 Å². The largest absolute Gasteiger partial charge is 0.436 e. The number of Topliss-reactive ketones (excluding diaryl/α,β-unsaturated/α-hetero) is 1. The Bertz CT molecular complexity index is 1180. The van der Waals surface area contributed by atoms with Crippen molar-refractivity contribution in [3.63, 3.8) is 0 Å². The highest BCUT2D eigenvalue weighted by Crippen LogP contribution is 2.48. The maximum Gasteiger partial charge on any atom is 0.411 e. The lowest BCUT2D eigenvalue weighted by atomic mass is 9.85. The Balaban J connectivity index is 1.31. The number of hydrogen-bond donors (Lipinski definition) is 2. The van der Waals surface area contributed by atoms with Gasteiger partial charge in [-0.2, -0.15) is 0 Å². The Labute approximate surface area is 208 Å². The Morgan fingerprint density at radius 3 is 2.61 bits per heavy atom. The zero-order valence-electron chi connectivity index (χ0n) is 20.3. The highest BCUT2D eigenvalue weighted by Gasteiger charge is 2.56. The Morgan fingerprint density at radius 2 is 1.89 bits per heavy atom. The summed E-state index contributed by atoms with van der Waals surface area (Å²) in [7, 11) is 1.47. The molecule has 2 heterocycles. The first-order valence-corrected chi connectivity index (χ1v) is 12.2. The van der Waals surface area contributed by atoms with Gasteiger partial charge in [0, 0.05) is 19.0 Å². The fourth-order valence-electron chi connectivity index (χ4n) is 5.96. The topological polar surface area (TPSA) is 108 Å². The Hall–Kier alpha value is -3.69. The number of halogens is 1. The van der Waals surface area contributed by atoms with Gasteiger partial charge in [-0.1, -0.05) is 18.2 Å². The number of urea groups is 1. The molecule has 3 fully saturated rings. The van der Waals surface area contributed by atoms with Gasteiger partial charge in [-0.15, -0.1) is 0 Å². The smallest absolute Gasteiger partial charge is 0.411 e. The summed E-state index contributed by atoms with van der Waals surface area (Å²) < 4.78 is 19.2. The molecule has 2 aliphatic heterocycles. The van der Waals surface area contributed by atoms with Crippen molar-refractivity contribution in [1.82, 2.24) is 20.4 Å². The molecule has 2 saturated heterocycles. The van der Waals surface area contributed by atoms with Gasteiger partial charge >= 0.3 is 12.1 Å². The molecule has 1 aromatic rings. The van der Waals surface area contributed by atoms with Crippen LogP contribution in [0.4, 0.5) is 14.0 Å². The molecule has 5 rings (SSSR count). The van der Waals surface area contributed by atoms with Gasteiger partial charge in [0.2, 0.25) is 5.91 Å². The standard InChI is InChI=1S/C26H29FN4O5/c1-15-3-10-21(16-4-6-17(27)7-5-16)31(15)22(32)13-30-14-26(36-25(30)35)12-11-18-19(26)8-9-20(23(18)33)29-24(34)28-2/h4-9,15,18,21H,3,10-14H2,1-2H3,(H2,28,29,34)/t15-,18?,21?,26-/m0/s1. The summed E-state index contributed by atoms with van der Waals surface area (Å²) in [6.45, 7) is 2.03. The summed E-state index contributed by atoms with van der Waals surface area (Å²) >= 11 is 0. The molecule has 10 heteroatoms. The molecule has 0 aromatic heterocycles. The molecular formula is C26H29FN4O5. The van der Waals surface area contributed by atoms with Crippen molar-refractivity contribution in [2.24, 2.45) is 5.92 Å². The van der Waals surface area contributed by atoms with E-state index in [-0.39, 0.29) is 48.4 Å². The van der Waals surface area contributed by atoms with Crippen molar-refractivity contribution in [2.75, 3.05) is 20.1 Å². The maximum atomic E-state index is 13.4. The minimum Gasteiger partial charge on any atom is -0.436 e. The number of allylic oxidation sites excluding steroid dienone is 3. The lowest BCUT2D eigenvalue weighted by Gasteiger charge is -2.30. The number of carbonyl (C=O) groups excluding carboxylic acids is 4. The van der Waals surface area contributed by atoms with Gasteiger partial charge in [-0.3, -0.25) is 14.5 Å². The third kappa shape index (κ3) is 4.04. The summed E-state index contributed by atoms with van der Waals surface area (Å²) in [4.78, 5) is 54.1. The number of amides is 4. The molecule has 4 atom stereocenters. The molecule has 4 aliphatic rings. The van der Waals surface area contributed by atoms with Crippen molar-refractivity contribution in [3.8, 4) is 0 Å². The van der Waals surface area contributed by atoms with Crippen LogP contribution >= 0.6 is 0 Å². The van der Waals surface area contributed by atoms with E-state index in [4.69, 9.17) is 4.74 Å². The maximum absolute atomic E-state index is 13.4. The second-order valence-electron chi connectivity index (χ2n) is 9.88. The third-order valence-electron chi connectivity index (χ3n) is 7.75. The van der Waals surface area contributed by atoms with Crippen molar-refractivity contribution >= 4 is 23.8 Å². The molecule has 2 unspecified atom stereocenters. The number of nitrogens with one attached hydrogen (secondary N) is 2. The van der Waals surface area contributed by atoms with E-state index in [1.807, 2.05) is 6.92 Å². The number of rotatable bonds is 4. The lowest BCUT2D eigenvalue weighted by Crippen LogP contribution is -2.44. The van der Waals surface area contributed by atoms with Crippen LogP contribution in [0, 0.1) is 11.7 Å². The van der Waals surface area contributed by atoms with Crippen LogP contribution in [0.3, 0.4) is 0 Å². The molecule has 2 aliphatic carbocycles. The van der Waals surface area contributed by atoms with Gasteiger partial charge in [0.25, 0.3) is 0 Å². The average molecular weight is 497 g/mol. The SMILES string of the molecule is CNC(=O)NC1=CC=C2C(CC[C@]23CN(CC(=O)N2C(c4ccc(F)cc4)CC[C@@H]2C)C(=O)O3)C1=O. The van der Waals surface area contributed by atoms with Crippen LogP contribution in [0.2, 0.25) is 0 Å². The van der Waals surface area contributed by atoms with E-state index in [9.17, 15) is 23.6 Å². The van der Waals surface area contributed by atoms with Crippen molar-refractivity contribution in [1.29, 1.82) is 0 Å². The normalized spacial score (nSPS) is 29.1. The summed E-state index contributed by atoms with van der Waals surface area (Å²) in [5, 5.41) is 4.96. The fraction of sp³-hybridized carbons (Fsp3) is 0.462. The Kier molecular flexibility index (Phi) is 6.05. The molecule has 2 N–H and O–H groups in total. The van der Waals surface area contributed by atoms with Gasteiger partial charge < -0.3 is 20.3 Å². The molecule has 0 radical (unpaired) electrons. The molecule has 190 valence electrons. The van der Waals surface area contributed by atoms with E-state index in [0.717, 1.165) is 18.4 Å². The minimum atomic E-state index is -0.959. The number of ether oxygens (including phenoxy) is 1. The predicted molar refractivity (Wildman–Crippen MR) is 127 cm³/mol. The lowest BCUT2D eigenvalue weighted by molar-refractivity contribution is -0.134. The van der Waals surface area contributed by atoms with E-state index in [1.54, 1.807) is 23.1 Å². The highest BCUT2D eigenvalue weighted by molar-refractivity contribution is 6.03. The molecule has 1 aromatic carbocycles. The third-order valence-corrected chi connectivity index (χ3v) is 7.75. The van der Waals surface area contributed by atoms with E-state index >= 15 is 0 Å². The van der Waals surface area contributed by atoms with Crippen LogP contribution in [0.15, 0.2) is 47.7 Å². The van der Waals surface area contributed by atoms with Crippen LogP contribution in [0.5, 0.6) is 0 Å². The van der Waals surface area contributed by atoms with Crippen molar-refractivity contribution in [2.45, 2.75) is 50.3 Å². The fourth-order valence-corrected chi connectivity index (χ4v) is 5.96. The molecule has 1 spiro atoms. The van der Waals surface area contributed by atoms with E-state index in [2.05, 4.69) is 10.6 Å². The monoisotopic (exact) mass is 496 g/mol. The van der Waals surface area contributed by atoms with Gasteiger partial charge in [0.05, 0.1) is 18.3 Å². The van der Waals surface area contributed by atoms with Gasteiger partial charge in [0.15, 0.2) is 11.4 Å². The number of carbonyl (C=O) groups is 4. The highest BCUT2D eigenvalue weighted by atomic mass is 19.1. The number of nitrogens with zero attached hydrogens (tertiary/aromatic N) is 2.